The third kappa shape index (κ3) is 4.64. The topological polar surface area (TPSA) is 78.9 Å². The minimum atomic E-state index is -0.396. The Morgan fingerprint density at radius 1 is 1.54 bits per heavy atom. The lowest BCUT2D eigenvalue weighted by Gasteiger charge is -2.19. The second kappa shape index (κ2) is 8.94. The van der Waals surface area contributed by atoms with Crippen molar-refractivity contribution < 1.29 is 19.4 Å². The summed E-state index contributed by atoms with van der Waals surface area (Å²) in [5, 5.41) is 12.2. The molecule has 1 saturated heterocycles. The van der Waals surface area contributed by atoms with Gasteiger partial charge in [0, 0.05) is 24.7 Å². The van der Waals surface area contributed by atoms with Crippen molar-refractivity contribution in [2.24, 2.45) is 5.92 Å². The number of anilines is 1. The fourth-order valence-corrected chi connectivity index (χ4v) is 3.22. The Morgan fingerprint density at radius 3 is 3.00 bits per heavy atom. The highest BCUT2D eigenvalue weighted by Crippen LogP contribution is 2.28. The third-order valence-corrected chi connectivity index (χ3v) is 4.74. The first-order valence-electron chi connectivity index (χ1n) is 7.93. The maximum absolute atomic E-state index is 12.4. The molecule has 6 nitrogen and oxygen atoms in total. The fraction of sp³-hybridized carbons (Fsp3) is 0.529. The number of carbonyl (C=O) groups is 2. The Balaban J connectivity index is 1.99. The Hall–Kier alpha value is -1.73. The largest absolute Gasteiger partial charge is 0.497 e. The van der Waals surface area contributed by atoms with Gasteiger partial charge in [0.1, 0.15) is 5.75 Å². The van der Waals surface area contributed by atoms with Crippen LogP contribution in [0.15, 0.2) is 24.3 Å². The molecule has 1 aromatic carbocycles. The molecule has 132 valence electrons. The van der Waals surface area contributed by atoms with Gasteiger partial charge in [0.05, 0.1) is 25.7 Å². The van der Waals surface area contributed by atoms with Crippen LogP contribution in [0.2, 0.25) is 0 Å². The van der Waals surface area contributed by atoms with E-state index in [0.29, 0.717) is 18.7 Å². The highest BCUT2D eigenvalue weighted by molar-refractivity contribution is 7.98. The molecule has 24 heavy (non-hydrogen) atoms. The van der Waals surface area contributed by atoms with E-state index in [9.17, 15) is 14.7 Å². The maximum Gasteiger partial charge on any atom is 0.227 e. The summed E-state index contributed by atoms with van der Waals surface area (Å²) < 4.78 is 5.18. The Bertz CT molecular complexity index is 581. The smallest absolute Gasteiger partial charge is 0.227 e. The van der Waals surface area contributed by atoms with Crippen molar-refractivity contribution in [1.29, 1.82) is 0 Å². The number of rotatable bonds is 8. The molecule has 0 unspecified atom stereocenters. The van der Waals surface area contributed by atoms with Crippen molar-refractivity contribution in [1.82, 2.24) is 5.32 Å². The molecule has 2 N–H and O–H groups in total. The second-order valence-corrected chi connectivity index (χ2v) is 6.76. The van der Waals surface area contributed by atoms with E-state index >= 15 is 0 Å². The van der Waals surface area contributed by atoms with Gasteiger partial charge in [-0.3, -0.25) is 9.59 Å². The van der Waals surface area contributed by atoms with E-state index in [1.807, 2.05) is 24.5 Å². The molecule has 0 spiro atoms. The Kier molecular flexibility index (Phi) is 6.93. The number of ether oxygens (including phenoxy) is 1. The van der Waals surface area contributed by atoms with Gasteiger partial charge in [-0.15, -0.1) is 0 Å². The number of carbonyl (C=O) groups excluding carboxylic acids is 2. The summed E-state index contributed by atoms with van der Waals surface area (Å²) in [5.74, 6) is 0.894. The average molecular weight is 352 g/mol. The van der Waals surface area contributed by atoms with Gasteiger partial charge in [0.2, 0.25) is 11.8 Å². The molecule has 1 aliphatic heterocycles. The normalized spacial score (nSPS) is 18.5. The van der Waals surface area contributed by atoms with Gasteiger partial charge >= 0.3 is 0 Å². The van der Waals surface area contributed by atoms with Crippen LogP contribution in [0, 0.1) is 5.92 Å². The number of aliphatic hydroxyl groups is 1. The van der Waals surface area contributed by atoms with Gasteiger partial charge in [-0.2, -0.15) is 11.8 Å². The van der Waals surface area contributed by atoms with Gasteiger partial charge in [-0.05, 0) is 30.6 Å². The predicted octanol–water partition coefficient (Wildman–Crippen LogP) is 1.28. The molecule has 0 radical (unpaired) electrons. The third-order valence-electron chi connectivity index (χ3n) is 4.10. The molecule has 1 aromatic rings. The number of aliphatic hydroxyl groups excluding tert-OH is 1. The zero-order valence-electron chi connectivity index (χ0n) is 14.0. The zero-order chi connectivity index (χ0) is 17.5. The summed E-state index contributed by atoms with van der Waals surface area (Å²) in [7, 11) is 1.57. The average Bonchev–Trinajstić information content (AvgIpc) is 3.00. The molecule has 1 aliphatic rings. The molecule has 2 rings (SSSR count). The number of benzene rings is 1. The van der Waals surface area contributed by atoms with Crippen molar-refractivity contribution in [3.63, 3.8) is 0 Å². The number of hydrogen-bond donors (Lipinski definition) is 2. The highest BCUT2D eigenvalue weighted by Gasteiger charge is 2.35. The minimum Gasteiger partial charge on any atom is -0.497 e. The second-order valence-electron chi connectivity index (χ2n) is 5.78. The first-order chi connectivity index (χ1) is 11.6. The van der Waals surface area contributed by atoms with E-state index in [1.165, 1.54) is 0 Å². The number of amides is 2. The number of nitrogens with zero attached hydrogens (tertiary/aromatic N) is 1. The SMILES string of the molecule is COc1cccc(N2C[C@@H](C(=O)N[C@@H](CO)CCSC)CC2=O)c1. The van der Waals surface area contributed by atoms with Crippen molar-refractivity contribution in [3.05, 3.63) is 24.3 Å². The zero-order valence-corrected chi connectivity index (χ0v) is 14.8. The molecule has 1 heterocycles. The van der Waals surface area contributed by atoms with Crippen LogP contribution in [0.4, 0.5) is 5.69 Å². The van der Waals surface area contributed by atoms with E-state index in [0.717, 1.165) is 11.4 Å². The van der Waals surface area contributed by atoms with Crippen LogP contribution in [-0.2, 0) is 9.59 Å². The predicted molar refractivity (Wildman–Crippen MR) is 95.5 cm³/mol. The summed E-state index contributed by atoms with van der Waals surface area (Å²) in [6.07, 6.45) is 2.88. The van der Waals surface area contributed by atoms with Crippen LogP contribution in [0.1, 0.15) is 12.8 Å². The van der Waals surface area contributed by atoms with Crippen molar-refractivity contribution >= 4 is 29.3 Å². The van der Waals surface area contributed by atoms with Crippen LogP contribution >= 0.6 is 11.8 Å². The van der Waals surface area contributed by atoms with Crippen molar-refractivity contribution in [2.75, 3.05) is 37.2 Å². The molecular formula is C17H24N2O4S. The van der Waals surface area contributed by atoms with Gasteiger partial charge in [-0.1, -0.05) is 6.07 Å². The van der Waals surface area contributed by atoms with Crippen LogP contribution < -0.4 is 15.0 Å². The first kappa shape index (κ1) is 18.6. The van der Waals surface area contributed by atoms with Crippen LogP contribution in [0.3, 0.4) is 0 Å². The Morgan fingerprint density at radius 2 is 2.33 bits per heavy atom. The summed E-state index contributed by atoms with van der Waals surface area (Å²) in [5.41, 5.74) is 0.732. The van der Waals surface area contributed by atoms with Crippen LogP contribution in [0.25, 0.3) is 0 Å². The van der Waals surface area contributed by atoms with E-state index in [2.05, 4.69) is 5.32 Å². The molecule has 2 atom stereocenters. The lowest BCUT2D eigenvalue weighted by atomic mass is 10.1. The summed E-state index contributed by atoms with van der Waals surface area (Å²) >= 11 is 1.67. The minimum absolute atomic E-state index is 0.0759. The monoisotopic (exact) mass is 352 g/mol. The molecule has 0 bridgehead atoms. The van der Waals surface area contributed by atoms with Crippen LogP contribution in [-0.4, -0.2) is 55.2 Å². The van der Waals surface area contributed by atoms with E-state index in [-0.39, 0.29) is 30.9 Å². The highest BCUT2D eigenvalue weighted by atomic mass is 32.2. The molecule has 0 aromatic heterocycles. The summed E-state index contributed by atoms with van der Waals surface area (Å²) in [6.45, 7) is 0.255. The fourth-order valence-electron chi connectivity index (χ4n) is 2.70. The van der Waals surface area contributed by atoms with E-state index < -0.39 is 5.92 Å². The lowest BCUT2D eigenvalue weighted by Crippen LogP contribution is -2.42. The molecule has 0 aliphatic carbocycles. The molecule has 7 heteroatoms. The first-order valence-corrected chi connectivity index (χ1v) is 9.33. The van der Waals surface area contributed by atoms with E-state index in [4.69, 9.17) is 4.74 Å². The number of methoxy groups -OCH3 is 1. The maximum atomic E-state index is 12.4. The van der Waals surface area contributed by atoms with E-state index in [1.54, 1.807) is 29.8 Å². The summed E-state index contributed by atoms with van der Waals surface area (Å²) in [4.78, 5) is 26.3. The number of hydrogen-bond acceptors (Lipinski definition) is 5. The van der Waals surface area contributed by atoms with Crippen LogP contribution in [0.5, 0.6) is 5.75 Å². The Labute approximate surface area is 146 Å². The molecule has 1 fully saturated rings. The number of thioether (sulfide) groups is 1. The van der Waals surface area contributed by atoms with Crippen molar-refractivity contribution in [3.8, 4) is 5.75 Å². The molecular weight excluding hydrogens is 328 g/mol. The van der Waals surface area contributed by atoms with Gasteiger partial charge in [0.15, 0.2) is 0 Å². The molecule has 2 amide bonds. The summed E-state index contributed by atoms with van der Waals surface area (Å²) in [6, 6.07) is 6.99. The van der Waals surface area contributed by atoms with Gasteiger partial charge < -0.3 is 20.1 Å². The quantitative estimate of drug-likeness (QED) is 0.737. The van der Waals surface area contributed by atoms with Crippen molar-refractivity contribution in [2.45, 2.75) is 18.9 Å². The lowest BCUT2D eigenvalue weighted by molar-refractivity contribution is -0.127. The van der Waals surface area contributed by atoms with Gasteiger partial charge in [0.25, 0.3) is 0 Å². The number of nitrogens with one attached hydrogen (secondary N) is 1. The van der Waals surface area contributed by atoms with Gasteiger partial charge in [-0.25, -0.2) is 0 Å². The standard InChI is InChI=1S/C17H24N2O4S/c1-23-15-5-3-4-14(9-15)19-10-12(8-16(19)21)17(22)18-13(11-20)6-7-24-2/h3-5,9,12-13,20H,6-8,10-11H2,1-2H3,(H,18,22)/t12-,13+/m0/s1. The molecule has 0 saturated carbocycles.